The van der Waals surface area contributed by atoms with Gasteiger partial charge in [0, 0.05) is 24.0 Å². The highest BCUT2D eigenvalue weighted by Crippen LogP contribution is 2.30. The lowest BCUT2D eigenvalue weighted by atomic mass is 10.0. The van der Waals surface area contributed by atoms with E-state index in [0.717, 1.165) is 0 Å². The van der Waals surface area contributed by atoms with Crippen LogP contribution in [0.25, 0.3) is 11.1 Å². The Kier molecular flexibility index (Phi) is 7.86. The van der Waals surface area contributed by atoms with E-state index in [9.17, 15) is 17.6 Å². The molecule has 0 bridgehead atoms. The first-order chi connectivity index (χ1) is 15.8. The molecule has 0 saturated heterocycles. The van der Waals surface area contributed by atoms with Crippen molar-refractivity contribution in [1.29, 1.82) is 0 Å². The van der Waals surface area contributed by atoms with Crippen LogP contribution in [0.2, 0.25) is 0 Å². The van der Waals surface area contributed by atoms with Crippen LogP contribution in [-0.2, 0) is 14.8 Å². The first-order valence-electron chi connectivity index (χ1n) is 10.5. The molecule has 33 heavy (non-hydrogen) atoms. The summed E-state index contributed by atoms with van der Waals surface area (Å²) in [4.78, 5) is 10.6. The Hall–Kier alpha value is -3.63. The van der Waals surface area contributed by atoms with Crippen molar-refractivity contribution in [2.24, 2.45) is 0 Å². The third-order valence-electron chi connectivity index (χ3n) is 4.96. The Bertz CT molecular complexity index is 1310. The largest absolute Gasteiger partial charge is 0.481 e. The van der Waals surface area contributed by atoms with Crippen molar-refractivity contribution < 1.29 is 22.7 Å². The summed E-state index contributed by atoms with van der Waals surface area (Å²) in [5.74, 6) is 4.60. The number of carbonyl (C=O) groups is 1. The molecule has 0 saturated carbocycles. The van der Waals surface area contributed by atoms with Crippen molar-refractivity contribution in [2.75, 3.05) is 4.72 Å². The fourth-order valence-electron chi connectivity index (χ4n) is 3.22. The highest BCUT2D eigenvalue weighted by atomic mass is 32.2. The standard InChI is InChI=1S/C26H24FNO4S/c1-19-16-24(27)23(21-12-6-4-7-13-21)18-25(19)28-33(31,32)22-14-9-11-20(17-22)10-5-2-3-8-15-26(29)30/h4,6-7,9,11-14,16-18,28H,2-3,8,15H2,1H3,(H,29,30). The lowest BCUT2D eigenvalue weighted by Gasteiger charge is -2.14. The third kappa shape index (κ3) is 6.67. The van der Waals surface area contributed by atoms with Gasteiger partial charge in [-0.2, -0.15) is 0 Å². The van der Waals surface area contributed by atoms with E-state index in [4.69, 9.17) is 5.11 Å². The molecule has 0 fully saturated rings. The number of aliphatic carboxylic acids is 1. The van der Waals surface area contributed by atoms with E-state index in [1.54, 1.807) is 43.3 Å². The molecule has 170 valence electrons. The number of anilines is 1. The second kappa shape index (κ2) is 10.8. The van der Waals surface area contributed by atoms with Gasteiger partial charge in [0.2, 0.25) is 0 Å². The molecular formula is C26H24FNO4S. The zero-order valence-corrected chi connectivity index (χ0v) is 19.0. The van der Waals surface area contributed by atoms with Gasteiger partial charge >= 0.3 is 5.97 Å². The number of benzene rings is 3. The van der Waals surface area contributed by atoms with Gasteiger partial charge in [-0.1, -0.05) is 48.2 Å². The minimum Gasteiger partial charge on any atom is -0.481 e. The predicted molar refractivity (Wildman–Crippen MR) is 127 cm³/mol. The van der Waals surface area contributed by atoms with Crippen LogP contribution in [0.4, 0.5) is 10.1 Å². The number of carboxylic acids is 1. The number of carboxylic acid groups (broad SMARTS) is 1. The van der Waals surface area contributed by atoms with Gasteiger partial charge in [-0.15, -0.1) is 0 Å². The molecule has 3 rings (SSSR count). The third-order valence-corrected chi connectivity index (χ3v) is 6.33. The summed E-state index contributed by atoms with van der Waals surface area (Å²) in [7, 11) is -3.92. The molecule has 0 aliphatic heterocycles. The molecule has 3 aromatic rings. The van der Waals surface area contributed by atoms with Crippen LogP contribution >= 0.6 is 0 Å². The molecule has 0 heterocycles. The van der Waals surface area contributed by atoms with E-state index >= 15 is 0 Å². The Morgan fingerprint density at radius 2 is 1.79 bits per heavy atom. The summed E-state index contributed by atoms with van der Waals surface area (Å²) in [5, 5.41) is 8.65. The van der Waals surface area contributed by atoms with Gasteiger partial charge in [-0.05, 0) is 61.2 Å². The van der Waals surface area contributed by atoms with Crippen molar-refractivity contribution in [3.05, 3.63) is 83.7 Å². The molecule has 0 spiro atoms. The summed E-state index contributed by atoms with van der Waals surface area (Å²) in [5.41, 5.74) is 2.26. The van der Waals surface area contributed by atoms with Crippen LogP contribution in [0.1, 0.15) is 36.8 Å². The second-order valence-corrected chi connectivity index (χ2v) is 9.23. The quantitative estimate of drug-likeness (QED) is 0.335. The van der Waals surface area contributed by atoms with Gasteiger partial charge in [-0.3, -0.25) is 9.52 Å². The van der Waals surface area contributed by atoms with Crippen LogP contribution in [0.5, 0.6) is 0 Å². The van der Waals surface area contributed by atoms with Crippen molar-refractivity contribution in [3.63, 3.8) is 0 Å². The monoisotopic (exact) mass is 465 g/mol. The summed E-state index contributed by atoms with van der Waals surface area (Å²) in [6.45, 7) is 1.64. The van der Waals surface area contributed by atoms with Gasteiger partial charge < -0.3 is 5.11 Å². The summed E-state index contributed by atoms with van der Waals surface area (Å²) in [6, 6.07) is 18.0. The zero-order chi connectivity index (χ0) is 23.8. The number of aryl methyl sites for hydroxylation is 1. The highest BCUT2D eigenvalue weighted by Gasteiger charge is 2.18. The summed E-state index contributed by atoms with van der Waals surface area (Å²) < 4.78 is 43.1. The maximum Gasteiger partial charge on any atom is 0.303 e. The minimum absolute atomic E-state index is 0.0464. The van der Waals surface area contributed by atoms with E-state index in [-0.39, 0.29) is 11.3 Å². The second-order valence-electron chi connectivity index (χ2n) is 7.55. The maximum absolute atomic E-state index is 14.5. The molecule has 0 aliphatic rings. The Labute approximate surface area is 193 Å². The van der Waals surface area contributed by atoms with Gasteiger partial charge in [0.05, 0.1) is 10.6 Å². The molecule has 2 N–H and O–H groups in total. The number of halogens is 1. The fourth-order valence-corrected chi connectivity index (χ4v) is 4.39. The van der Waals surface area contributed by atoms with Gasteiger partial charge in [-0.25, -0.2) is 12.8 Å². The van der Waals surface area contributed by atoms with Crippen molar-refractivity contribution >= 4 is 21.7 Å². The molecule has 5 nitrogen and oxygen atoms in total. The smallest absolute Gasteiger partial charge is 0.303 e. The van der Waals surface area contributed by atoms with Crippen molar-refractivity contribution in [2.45, 2.75) is 37.5 Å². The fraction of sp³-hybridized carbons (Fsp3) is 0.192. The summed E-state index contributed by atoms with van der Waals surface area (Å²) in [6.07, 6.45) is 1.84. The minimum atomic E-state index is -3.92. The first-order valence-corrected chi connectivity index (χ1v) is 11.9. The lowest BCUT2D eigenvalue weighted by molar-refractivity contribution is -0.137. The Morgan fingerprint density at radius 1 is 1.03 bits per heavy atom. The van der Waals surface area contributed by atoms with Gasteiger partial charge in [0.25, 0.3) is 10.0 Å². The maximum atomic E-state index is 14.5. The molecule has 0 unspecified atom stereocenters. The number of hydrogen-bond acceptors (Lipinski definition) is 3. The number of hydrogen-bond donors (Lipinski definition) is 2. The summed E-state index contributed by atoms with van der Waals surface area (Å²) >= 11 is 0. The van der Waals surface area contributed by atoms with Gasteiger partial charge in [0.15, 0.2) is 0 Å². The number of sulfonamides is 1. The molecular weight excluding hydrogens is 441 g/mol. The molecule has 3 aromatic carbocycles. The molecule has 7 heteroatoms. The van der Waals surface area contributed by atoms with E-state index in [1.165, 1.54) is 24.3 Å². The first kappa shape index (κ1) is 24.0. The van der Waals surface area contributed by atoms with Crippen LogP contribution in [0.3, 0.4) is 0 Å². The van der Waals surface area contributed by atoms with E-state index < -0.39 is 21.8 Å². The molecule has 0 atom stereocenters. The van der Waals surface area contributed by atoms with Crippen LogP contribution in [0.15, 0.2) is 71.6 Å². The predicted octanol–water partition coefficient (Wildman–Crippen LogP) is 5.60. The highest BCUT2D eigenvalue weighted by molar-refractivity contribution is 7.92. The van der Waals surface area contributed by atoms with E-state index in [1.807, 2.05) is 6.07 Å². The number of rotatable bonds is 8. The number of unbranched alkanes of at least 4 members (excludes halogenated alkanes) is 2. The average molecular weight is 466 g/mol. The SMILES string of the molecule is Cc1cc(F)c(-c2ccccc2)cc1NS(=O)(=O)c1cccc(C#CCCCCC(=O)O)c1. The zero-order valence-electron chi connectivity index (χ0n) is 18.1. The van der Waals surface area contributed by atoms with Crippen LogP contribution in [0, 0.1) is 24.6 Å². The molecule has 0 aromatic heterocycles. The molecule has 0 amide bonds. The lowest BCUT2D eigenvalue weighted by Crippen LogP contribution is -2.14. The average Bonchev–Trinajstić information content (AvgIpc) is 2.78. The van der Waals surface area contributed by atoms with Crippen molar-refractivity contribution in [3.8, 4) is 23.0 Å². The topological polar surface area (TPSA) is 83.5 Å². The Balaban J connectivity index is 1.79. The van der Waals surface area contributed by atoms with E-state index in [2.05, 4.69) is 16.6 Å². The number of nitrogens with one attached hydrogen (secondary N) is 1. The van der Waals surface area contributed by atoms with E-state index in [0.29, 0.717) is 47.2 Å². The van der Waals surface area contributed by atoms with Crippen LogP contribution < -0.4 is 4.72 Å². The van der Waals surface area contributed by atoms with Crippen molar-refractivity contribution in [1.82, 2.24) is 0 Å². The van der Waals surface area contributed by atoms with Gasteiger partial charge in [0.1, 0.15) is 5.82 Å². The molecule has 0 aliphatic carbocycles. The normalized spacial score (nSPS) is 10.8. The molecule has 0 radical (unpaired) electrons. The Morgan fingerprint density at radius 3 is 2.52 bits per heavy atom. The van der Waals surface area contributed by atoms with Crippen LogP contribution in [-0.4, -0.2) is 19.5 Å².